The Balaban J connectivity index is 2.96. The maximum absolute atomic E-state index is 5.66. The van der Waals surface area contributed by atoms with Gasteiger partial charge in [0.15, 0.2) is 11.5 Å². The summed E-state index contributed by atoms with van der Waals surface area (Å²) < 4.78 is 15.9. The van der Waals surface area contributed by atoms with Gasteiger partial charge < -0.3 is 19.9 Å². The van der Waals surface area contributed by atoms with Gasteiger partial charge in [0.05, 0.1) is 20.3 Å². The predicted molar refractivity (Wildman–Crippen MR) is 63.0 cm³/mol. The Kier molecular flexibility index (Phi) is 5.08. The Bertz CT molecular complexity index is 328. The Hall–Kier alpha value is -1.26. The Morgan fingerprint density at radius 1 is 1.19 bits per heavy atom. The second kappa shape index (κ2) is 6.35. The van der Waals surface area contributed by atoms with Crippen LogP contribution < -0.4 is 15.2 Å². The van der Waals surface area contributed by atoms with E-state index in [9.17, 15) is 0 Å². The second-order valence-corrected chi connectivity index (χ2v) is 3.29. The summed E-state index contributed by atoms with van der Waals surface area (Å²) in [5.41, 5.74) is 6.66. The van der Waals surface area contributed by atoms with Crippen LogP contribution in [0.2, 0.25) is 0 Å². The monoisotopic (exact) mass is 225 g/mol. The summed E-state index contributed by atoms with van der Waals surface area (Å²) in [5.74, 6) is 1.40. The Morgan fingerprint density at radius 2 is 1.88 bits per heavy atom. The van der Waals surface area contributed by atoms with Gasteiger partial charge in [-0.05, 0) is 24.6 Å². The fourth-order valence-electron chi connectivity index (χ4n) is 1.55. The van der Waals surface area contributed by atoms with E-state index in [4.69, 9.17) is 19.9 Å². The number of rotatable bonds is 6. The summed E-state index contributed by atoms with van der Waals surface area (Å²) in [6, 6.07) is 5.69. The Labute approximate surface area is 96.3 Å². The molecule has 2 N–H and O–H groups in total. The van der Waals surface area contributed by atoms with Crippen LogP contribution in [0.3, 0.4) is 0 Å². The van der Waals surface area contributed by atoms with Gasteiger partial charge in [-0.15, -0.1) is 0 Å². The van der Waals surface area contributed by atoms with Crippen LogP contribution in [0.4, 0.5) is 0 Å². The van der Waals surface area contributed by atoms with Crippen molar-refractivity contribution in [3.8, 4) is 11.5 Å². The van der Waals surface area contributed by atoms with Crippen LogP contribution in [0.25, 0.3) is 0 Å². The van der Waals surface area contributed by atoms with Gasteiger partial charge in [0, 0.05) is 13.2 Å². The molecule has 0 saturated carbocycles. The van der Waals surface area contributed by atoms with E-state index in [-0.39, 0.29) is 6.10 Å². The minimum Gasteiger partial charge on any atom is -0.493 e. The summed E-state index contributed by atoms with van der Waals surface area (Å²) in [4.78, 5) is 0. The normalized spacial score (nSPS) is 12.2. The molecule has 0 aliphatic rings. The molecule has 1 atom stereocenters. The number of hydrogen-bond donors (Lipinski definition) is 1. The van der Waals surface area contributed by atoms with Gasteiger partial charge in [0.1, 0.15) is 0 Å². The molecule has 0 saturated heterocycles. The Morgan fingerprint density at radius 3 is 2.38 bits per heavy atom. The van der Waals surface area contributed by atoms with E-state index in [1.807, 2.05) is 25.1 Å². The van der Waals surface area contributed by atoms with Gasteiger partial charge in [-0.1, -0.05) is 6.07 Å². The zero-order chi connectivity index (χ0) is 12.0. The molecule has 1 aromatic carbocycles. The molecule has 0 amide bonds. The number of hydrogen-bond acceptors (Lipinski definition) is 4. The summed E-state index contributed by atoms with van der Waals surface area (Å²) in [5, 5.41) is 0. The highest BCUT2D eigenvalue weighted by Gasteiger charge is 2.12. The first-order valence-corrected chi connectivity index (χ1v) is 5.30. The van der Waals surface area contributed by atoms with Crippen molar-refractivity contribution < 1.29 is 14.2 Å². The second-order valence-electron chi connectivity index (χ2n) is 3.29. The average molecular weight is 225 g/mol. The van der Waals surface area contributed by atoms with Crippen LogP contribution in [0.5, 0.6) is 11.5 Å². The van der Waals surface area contributed by atoms with Gasteiger partial charge in [0.25, 0.3) is 0 Å². The summed E-state index contributed by atoms with van der Waals surface area (Å²) in [6.45, 7) is 3.03. The summed E-state index contributed by atoms with van der Waals surface area (Å²) >= 11 is 0. The lowest BCUT2D eigenvalue weighted by Crippen LogP contribution is -2.15. The van der Waals surface area contributed by atoms with Crippen molar-refractivity contribution in [2.45, 2.75) is 13.0 Å². The topological polar surface area (TPSA) is 53.7 Å². The fraction of sp³-hybridized carbons (Fsp3) is 0.500. The largest absolute Gasteiger partial charge is 0.493 e. The third-order valence-electron chi connectivity index (χ3n) is 2.36. The van der Waals surface area contributed by atoms with E-state index in [2.05, 4.69) is 0 Å². The lowest BCUT2D eigenvalue weighted by atomic mass is 10.1. The third kappa shape index (κ3) is 2.87. The summed E-state index contributed by atoms with van der Waals surface area (Å²) in [7, 11) is 3.22. The van der Waals surface area contributed by atoms with Gasteiger partial charge >= 0.3 is 0 Å². The van der Waals surface area contributed by atoms with Crippen molar-refractivity contribution >= 4 is 0 Å². The van der Waals surface area contributed by atoms with Crippen LogP contribution in [0, 0.1) is 0 Å². The van der Waals surface area contributed by atoms with Crippen molar-refractivity contribution in [3.63, 3.8) is 0 Å². The molecule has 4 nitrogen and oxygen atoms in total. The van der Waals surface area contributed by atoms with Crippen molar-refractivity contribution in [2.75, 3.05) is 27.4 Å². The van der Waals surface area contributed by atoms with Crippen molar-refractivity contribution in [1.29, 1.82) is 0 Å². The number of ether oxygens (including phenoxy) is 3. The van der Waals surface area contributed by atoms with Crippen LogP contribution in [0.15, 0.2) is 18.2 Å². The lowest BCUT2D eigenvalue weighted by molar-refractivity contribution is 0.0686. The zero-order valence-corrected chi connectivity index (χ0v) is 10.0. The molecule has 0 spiro atoms. The predicted octanol–water partition coefficient (Wildman–Crippen LogP) is 1.74. The standard InChI is InChI=1S/C12H19NO3/c1-4-16-12(8-13)9-5-6-10(14-2)11(7-9)15-3/h5-7,12H,4,8,13H2,1-3H3/t12-/m1/s1. The highest BCUT2D eigenvalue weighted by molar-refractivity contribution is 5.43. The molecule has 0 fully saturated rings. The first-order chi connectivity index (χ1) is 7.76. The number of benzene rings is 1. The minimum atomic E-state index is -0.0928. The first-order valence-electron chi connectivity index (χ1n) is 5.30. The molecule has 0 bridgehead atoms. The molecule has 4 heteroatoms. The van der Waals surface area contributed by atoms with Crippen molar-refractivity contribution in [1.82, 2.24) is 0 Å². The van der Waals surface area contributed by atoms with Crippen LogP contribution in [0.1, 0.15) is 18.6 Å². The number of methoxy groups -OCH3 is 2. The van der Waals surface area contributed by atoms with Gasteiger partial charge in [-0.25, -0.2) is 0 Å². The number of nitrogens with two attached hydrogens (primary N) is 1. The van der Waals surface area contributed by atoms with E-state index in [1.165, 1.54) is 0 Å². The van der Waals surface area contributed by atoms with Crippen molar-refractivity contribution in [2.24, 2.45) is 5.73 Å². The molecule has 0 unspecified atom stereocenters. The van der Waals surface area contributed by atoms with Gasteiger partial charge in [-0.3, -0.25) is 0 Å². The highest BCUT2D eigenvalue weighted by atomic mass is 16.5. The maximum Gasteiger partial charge on any atom is 0.161 e. The van der Waals surface area contributed by atoms with Crippen molar-refractivity contribution in [3.05, 3.63) is 23.8 Å². The third-order valence-corrected chi connectivity index (χ3v) is 2.36. The van der Waals surface area contributed by atoms with Gasteiger partial charge in [-0.2, -0.15) is 0 Å². The van der Waals surface area contributed by atoms with Gasteiger partial charge in [0.2, 0.25) is 0 Å². The molecule has 0 aliphatic heterocycles. The molecule has 1 rings (SSSR count). The SMILES string of the molecule is CCO[C@H](CN)c1ccc(OC)c(OC)c1. The minimum absolute atomic E-state index is 0.0928. The molecule has 90 valence electrons. The van der Waals surface area contributed by atoms with E-state index in [0.29, 0.717) is 24.7 Å². The molecule has 0 aromatic heterocycles. The average Bonchev–Trinajstić information content (AvgIpc) is 2.35. The van der Waals surface area contributed by atoms with E-state index in [0.717, 1.165) is 5.56 Å². The zero-order valence-electron chi connectivity index (χ0n) is 10.0. The molecule has 16 heavy (non-hydrogen) atoms. The maximum atomic E-state index is 5.66. The van der Waals surface area contributed by atoms with Crippen LogP contribution in [-0.2, 0) is 4.74 Å². The molecule has 0 radical (unpaired) electrons. The van der Waals surface area contributed by atoms with Crippen LogP contribution >= 0.6 is 0 Å². The van der Waals surface area contributed by atoms with E-state index < -0.39 is 0 Å². The van der Waals surface area contributed by atoms with E-state index >= 15 is 0 Å². The van der Waals surface area contributed by atoms with E-state index in [1.54, 1.807) is 14.2 Å². The fourth-order valence-corrected chi connectivity index (χ4v) is 1.55. The molecular formula is C12H19NO3. The van der Waals surface area contributed by atoms with Crippen LogP contribution in [-0.4, -0.2) is 27.4 Å². The lowest BCUT2D eigenvalue weighted by Gasteiger charge is -2.17. The molecule has 1 aromatic rings. The molecule has 0 aliphatic carbocycles. The molecule has 0 heterocycles. The quantitative estimate of drug-likeness (QED) is 0.801. The summed E-state index contributed by atoms with van der Waals surface area (Å²) in [6.07, 6.45) is -0.0928. The highest BCUT2D eigenvalue weighted by Crippen LogP contribution is 2.30. The smallest absolute Gasteiger partial charge is 0.161 e. The first kappa shape index (κ1) is 12.8. The molecular weight excluding hydrogens is 206 g/mol.